The number of pyridine rings is 1. The van der Waals surface area contributed by atoms with Gasteiger partial charge >= 0.3 is 0 Å². The number of nitrogens with zero attached hydrogens (tertiary/aromatic N) is 2. The zero-order valence-corrected chi connectivity index (χ0v) is 12.5. The number of aryl methyl sites for hydroxylation is 2. The summed E-state index contributed by atoms with van der Waals surface area (Å²) in [5.41, 5.74) is 9.73. The molecule has 110 valence electrons. The lowest BCUT2D eigenvalue weighted by molar-refractivity contribution is 0.723. The first-order chi connectivity index (χ1) is 10.4. The lowest BCUT2D eigenvalue weighted by Crippen LogP contribution is -2.26. The SMILES string of the molecule is NCCCN(Cc1ccccc1)c1ccc2c(n1)CCC2. The van der Waals surface area contributed by atoms with Crippen molar-refractivity contribution in [3.8, 4) is 0 Å². The van der Waals surface area contributed by atoms with Crippen LogP contribution in [0.3, 0.4) is 0 Å². The Bertz CT molecular complexity index is 580. The van der Waals surface area contributed by atoms with Gasteiger partial charge in [-0.3, -0.25) is 0 Å². The molecule has 0 atom stereocenters. The van der Waals surface area contributed by atoms with Crippen molar-refractivity contribution in [2.24, 2.45) is 5.73 Å². The van der Waals surface area contributed by atoms with Gasteiger partial charge in [0, 0.05) is 18.8 Å². The number of fused-ring (bicyclic) bond motifs is 1. The van der Waals surface area contributed by atoms with Crippen LogP contribution in [0.2, 0.25) is 0 Å². The molecule has 0 saturated heterocycles. The van der Waals surface area contributed by atoms with E-state index in [0.717, 1.165) is 38.3 Å². The molecule has 3 nitrogen and oxygen atoms in total. The number of anilines is 1. The summed E-state index contributed by atoms with van der Waals surface area (Å²) in [6.07, 6.45) is 4.54. The molecular formula is C18H23N3. The van der Waals surface area contributed by atoms with E-state index < -0.39 is 0 Å². The Morgan fingerprint density at radius 2 is 1.90 bits per heavy atom. The summed E-state index contributed by atoms with van der Waals surface area (Å²) in [6.45, 7) is 2.57. The van der Waals surface area contributed by atoms with Gasteiger partial charge in [0.1, 0.15) is 5.82 Å². The predicted molar refractivity (Wildman–Crippen MR) is 87.4 cm³/mol. The Morgan fingerprint density at radius 1 is 1.05 bits per heavy atom. The minimum Gasteiger partial charge on any atom is -0.352 e. The van der Waals surface area contributed by atoms with Crippen molar-refractivity contribution >= 4 is 5.82 Å². The van der Waals surface area contributed by atoms with Crippen molar-refractivity contribution < 1.29 is 0 Å². The fourth-order valence-electron chi connectivity index (χ4n) is 2.95. The first-order valence-electron chi connectivity index (χ1n) is 7.84. The van der Waals surface area contributed by atoms with Gasteiger partial charge in [-0.15, -0.1) is 0 Å². The molecule has 3 rings (SSSR count). The Morgan fingerprint density at radius 3 is 2.71 bits per heavy atom. The van der Waals surface area contributed by atoms with Crippen LogP contribution in [-0.4, -0.2) is 18.1 Å². The molecule has 2 aromatic rings. The van der Waals surface area contributed by atoms with Crippen LogP contribution in [0.5, 0.6) is 0 Å². The Kier molecular flexibility index (Phi) is 4.51. The van der Waals surface area contributed by atoms with Gasteiger partial charge in [-0.1, -0.05) is 36.4 Å². The Hall–Kier alpha value is -1.87. The molecule has 0 aliphatic heterocycles. The van der Waals surface area contributed by atoms with Crippen LogP contribution in [0.15, 0.2) is 42.5 Å². The normalized spacial score (nSPS) is 13.2. The average molecular weight is 281 g/mol. The van der Waals surface area contributed by atoms with E-state index in [9.17, 15) is 0 Å². The van der Waals surface area contributed by atoms with Gasteiger partial charge in [0.05, 0.1) is 0 Å². The lowest BCUT2D eigenvalue weighted by Gasteiger charge is -2.24. The topological polar surface area (TPSA) is 42.1 Å². The van der Waals surface area contributed by atoms with Crippen LogP contribution in [0.4, 0.5) is 5.82 Å². The van der Waals surface area contributed by atoms with Gasteiger partial charge < -0.3 is 10.6 Å². The standard InChI is InChI=1S/C18H23N3/c19-12-5-13-21(14-15-6-2-1-3-7-15)18-11-10-16-8-4-9-17(16)20-18/h1-3,6-7,10-11H,4-5,8-9,12-14,19H2. The molecule has 3 heteroatoms. The smallest absolute Gasteiger partial charge is 0.129 e. The summed E-state index contributed by atoms with van der Waals surface area (Å²) < 4.78 is 0. The van der Waals surface area contributed by atoms with Crippen LogP contribution in [0, 0.1) is 0 Å². The van der Waals surface area contributed by atoms with Crippen molar-refractivity contribution in [2.75, 3.05) is 18.0 Å². The number of hydrogen-bond acceptors (Lipinski definition) is 3. The molecule has 0 unspecified atom stereocenters. The minimum atomic E-state index is 0.718. The summed E-state index contributed by atoms with van der Waals surface area (Å²) in [5, 5.41) is 0. The maximum atomic E-state index is 5.69. The summed E-state index contributed by atoms with van der Waals surface area (Å²) >= 11 is 0. The van der Waals surface area contributed by atoms with Crippen molar-refractivity contribution in [3.63, 3.8) is 0 Å². The van der Waals surface area contributed by atoms with Gasteiger partial charge in [-0.2, -0.15) is 0 Å². The van der Waals surface area contributed by atoms with E-state index in [4.69, 9.17) is 10.7 Å². The molecule has 0 saturated carbocycles. The van der Waals surface area contributed by atoms with Crippen molar-refractivity contribution in [3.05, 3.63) is 59.3 Å². The highest BCUT2D eigenvalue weighted by Gasteiger charge is 2.15. The molecule has 1 aromatic carbocycles. The lowest BCUT2D eigenvalue weighted by atomic mass is 10.2. The van der Waals surface area contributed by atoms with Gasteiger partial charge in [0.2, 0.25) is 0 Å². The third-order valence-electron chi connectivity index (χ3n) is 4.09. The van der Waals surface area contributed by atoms with Crippen LogP contribution >= 0.6 is 0 Å². The van der Waals surface area contributed by atoms with E-state index >= 15 is 0 Å². The zero-order chi connectivity index (χ0) is 14.5. The second kappa shape index (κ2) is 6.72. The fourth-order valence-corrected chi connectivity index (χ4v) is 2.95. The summed E-state index contributed by atoms with van der Waals surface area (Å²) in [6, 6.07) is 15.0. The van der Waals surface area contributed by atoms with Crippen molar-refractivity contribution in [1.82, 2.24) is 4.98 Å². The first-order valence-corrected chi connectivity index (χ1v) is 7.84. The Labute approximate surface area is 126 Å². The number of rotatable bonds is 6. The van der Waals surface area contributed by atoms with E-state index in [1.54, 1.807) is 0 Å². The molecule has 2 N–H and O–H groups in total. The second-order valence-electron chi connectivity index (χ2n) is 5.68. The van der Waals surface area contributed by atoms with Crippen LogP contribution in [0.1, 0.15) is 29.7 Å². The molecule has 1 heterocycles. The average Bonchev–Trinajstić information content (AvgIpc) is 3.00. The number of benzene rings is 1. The zero-order valence-electron chi connectivity index (χ0n) is 12.5. The molecule has 0 radical (unpaired) electrons. The third kappa shape index (κ3) is 3.42. The minimum absolute atomic E-state index is 0.718. The van der Waals surface area contributed by atoms with Crippen molar-refractivity contribution in [2.45, 2.75) is 32.2 Å². The third-order valence-corrected chi connectivity index (χ3v) is 4.09. The Balaban J connectivity index is 1.81. The van der Waals surface area contributed by atoms with E-state index in [1.807, 2.05) is 0 Å². The maximum absolute atomic E-state index is 5.69. The molecule has 1 aromatic heterocycles. The number of aromatic nitrogens is 1. The van der Waals surface area contributed by atoms with E-state index in [1.165, 1.54) is 29.7 Å². The molecule has 0 amide bonds. The summed E-state index contributed by atoms with van der Waals surface area (Å²) in [4.78, 5) is 7.24. The monoisotopic (exact) mass is 281 g/mol. The fraction of sp³-hybridized carbons (Fsp3) is 0.389. The maximum Gasteiger partial charge on any atom is 0.129 e. The van der Waals surface area contributed by atoms with Gasteiger partial charge in [-0.05, 0) is 49.4 Å². The van der Waals surface area contributed by atoms with E-state index in [0.29, 0.717) is 0 Å². The first kappa shape index (κ1) is 14.1. The van der Waals surface area contributed by atoms with Gasteiger partial charge in [0.25, 0.3) is 0 Å². The number of nitrogens with two attached hydrogens (primary N) is 1. The van der Waals surface area contributed by atoms with Gasteiger partial charge in [0.15, 0.2) is 0 Å². The molecule has 0 bridgehead atoms. The van der Waals surface area contributed by atoms with E-state index in [2.05, 4.69) is 47.4 Å². The van der Waals surface area contributed by atoms with Crippen LogP contribution in [0.25, 0.3) is 0 Å². The largest absolute Gasteiger partial charge is 0.352 e. The highest BCUT2D eigenvalue weighted by atomic mass is 15.2. The quantitative estimate of drug-likeness (QED) is 0.885. The highest BCUT2D eigenvalue weighted by Crippen LogP contribution is 2.24. The van der Waals surface area contributed by atoms with E-state index in [-0.39, 0.29) is 0 Å². The van der Waals surface area contributed by atoms with Crippen LogP contribution in [-0.2, 0) is 19.4 Å². The van der Waals surface area contributed by atoms with Gasteiger partial charge in [-0.25, -0.2) is 4.98 Å². The molecule has 0 fully saturated rings. The molecule has 1 aliphatic carbocycles. The second-order valence-corrected chi connectivity index (χ2v) is 5.68. The van der Waals surface area contributed by atoms with Crippen LogP contribution < -0.4 is 10.6 Å². The summed E-state index contributed by atoms with van der Waals surface area (Å²) in [5.74, 6) is 1.09. The molecule has 0 spiro atoms. The molecule has 1 aliphatic rings. The summed E-state index contributed by atoms with van der Waals surface area (Å²) in [7, 11) is 0. The predicted octanol–water partition coefficient (Wildman–Crippen LogP) is 2.93. The molecule has 21 heavy (non-hydrogen) atoms. The highest BCUT2D eigenvalue weighted by molar-refractivity contribution is 5.44. The number of hydrogen-bond donors (Lipinski definition) is 1. The van der Waals surface area contributed by atoms with Crippen molar-refractivity contribution in [1.29, 1.82) is 0 Å². The molecular weight excluding hydrogens is 258 g/mol.